The molecule has 2 aliphatic rings. The Labute approximate surface area is 191 Å². The lowest BCUT2D eigenvalue weighted by Crippen LogP contribution is -2.51. The van der Waals surface area contributed by atoms with Gasteiger partial charge in [0.1, 0.15) is 0 Å². The van der Waals surface area contributed by atoms with Gasteiger partial charge in [0.2, 0.25) is 11.8 Å². The molecule has 5 nitrogen and oxygen atoms in total. The van der Waals surface area contributed by atoms with Gasteiger partial charge in [-0.3, -0.25) is 9.59 Å². The lowest BCUT2D eigenvalue weighted by atomic mass is 9.87. The highest BCUT2D eigenvalue weighted by atomic mass is 16.5. The van der Waals surface area contributed by atoms with E-state index in [0.717, 1.165) is 51.7 Å². The molecule has 1 aliphatic heterocycles. The molecule has 1 heterocycles. The van der Waals surface area contributed by atoms with E-state index in [2.05, 4.69) is 37.5 Å². The Morgan fingerprint density at radius 2 is 1.39 bits per heavy atom. The lowest BCUT2D eigenvalue weighted by Gasteiger charge is -2.42. The van der Waals surface area contributed by atoms with E-state index in [9.17, 15) is 9.59 Å². The molecule has 0 radical (unpaired) electrons. The molecule has 31 heavy (non-hydrogen) atoms. The zero-order valence-electron chi connectivity index (χ0n) is 21.3. The molecule has 0 aromatic carbocycles. The number of nitrogens with zero attached hydrogens (tertiary/aromatic N) is 2. The van der Waals surface area contributed by atoms with E-state index in [4.69, 9.17) is 4.74 Å². The van der Waals surface area contributed by atoms with Crippen LogP contribution in [0.2, 0.25) is 0 Å². The third-order valence-electron chi connectivity index (χ3n) is 7.15. The molecule has 0 N–H and O–H groups in total. The minimum atomic E-state index is -0.370. The Bertz CT molecular complexity index is 572. The molecular formula is C26H48N2O3. The average molecular weight is 437 g/mol. The van der Waals surface area contributed by atoms with Crippen LogP contribution in [0.25, 0.3) is 0 Å². The van der Waals surface area contributed by atoms with Crippen LogP contribution < -0.4 is 0 Å². The summed E-state index contributed by atoms with van der Waals surface area (Å²) >= 11 is 0. The summed E-state index contributed by atoms with van der Waals surface area (Å²) in [5.74, 6) is 0.503. The Hall–Kier alpha value is -1.10. The van der Waals surface area contributed by atoms with Crippen molar-refractivity contribution in [3.05, 3.63) is 0 Å². The third-order valence-corrected chi connectivity index (χ3v) is 7.15. The number of amides is 2. The van der Waals surface area contributed by atoms with Gasteiger partial charge in [0.05, 0.1) is 0 Å². The van der Waals surface area contributed by atoms with Crippen LogP contribution in [0, 0.1) is 11.3 Å². The van der Waals surface area contributed by atoms with E-state index in [1.165, 1.54) is 19.3 Å². The molecule has 2 fully saturated rings. The van der Waals surface area contributed by atoms with Crippen LogP contribution in [-0.4, -0.2) is 59.0 Å². The molecule has 2 rings (SSSR count). The highest BCUT2D eigenvalue weighted by Crippen LogP contribution is 2.31. The van der Waals surface area contributed by atoms with Crippen LogP contribution in [0.5, 0.6) is 0 Å². The van der Waals surface area contributed by atoms with Gasteiger partial charge in [-0.2, -0.15) is 0 Å². The standard InChI is InChI=1S/C26H48N2O3/c1-19(2)27(23-15-17-31-18-16-23)24(29)20(3)13-14-21(4)28(25(30)26(5,6)7)22-11-9-8-10-12-22/h19-23H,8-18H2,1-7H3. The predicted molar refractivity (Wildman–Crippen MR) is 127 cm³/mol. The first-order chi connectivity index (χ1) is 14.5. The van der Waals surface area contributed by atoms with Crippen LogP contribution >= 0.6 is 0 Å². The van der Waals surface area contributed by atoms with Crippen molar-refractivity contribution in [1.82, 2.24) is 9.80 Å². The maximum Gasteiger partial charge on any atom is 0.228 e. The number of hydrogen-bond donors (Lipinski definition) is 0. The normalized spacial score (nSPS) is 21.0. The van der Waals surface area contributed by atoms with Gasteiger partial charge in [-0.15, -0.1) is 0 Å². The average Bonchev–Trinajstić information content (AvgIpc) is 2.72. The van der Waals surface area contributed by atoms with E-state index >= 15 is 0 Å². The summed E-state index contributed by atoms with van der Waals surface area (Å²) in [5.41, 5.74) is -0.370. The highest BCUT2D eigenvalue weighted by Gasteiger charge is 2.36. The molecule has 1 saturated heterocycles. The van der Waals surface area contributed by atoms with Crippen molar-refractivity contribution in [2.75, 3.05) is 13.2 Å². The minimum Gasteiger partial charge on any atom is -0.381 e. The third kappa shape index (κ3) is 7.20. The second-order valence-electron chi connectivity index (χ2n) is 11.3. The summed E-state index contributed by atoms with van der Waals surface area (Å²) < 4.78 is 5.51. The lowest BCUT2D eigenvalue weighted by molar-refractivity contribution is -0.145. The molecule has 0 spiro atoms. The van der Waals surface area contributed by atoms with Crippen molar-refractivity contribution in [1.29, 1.82) is 0 Å². The highest BCUT2D eigenvalue weighted by molar-refractivity contribution is 5.82. The van der Waals surface area contributed by atoms with Crippen molar-refractivity contribution in [3.8, 4) is 0 Å². The molecule has 2 atom stereocenters. The Kier molecular flexibility index (Phi) is 9.85. The molecule has 1 saturated carbocycles. The van der Waals surface area contributed by atoms with Gasteiger partial charge in [-0.25, -0.2) is 0 Å². The number of ether oxygens (including phenoxy) is 1. The van der Waals surface area contributed by atoms with E-state index < -0.39 is 0 Å². The van der Waals surface area contributed by atoms with Gasteiger partial charge in [0.15, 0.2) is 0 Å². The zero-order chi connectivity index (χ0) is 23.2. The van der Waals surface area contributed by atoms with Gasteiger partial charge >= 0.3 is 0 Å². The number of rotatable bonds is 8. The van der Waals surface area contributed by atoms with Crippen LogP contribution in [0.15, 0.2) is 0 Å². The van der Waals surface area contributed by atoms with E-state index in [1.54, 1.807) is 0 Å². The summed E-state index contributed by atoms with van der Waals surface area (Å²) in [6, 6.07) is 1.02. The topological polar surface area (TPSA) is 49.9 Å². The number of carbonyl (C=O) groups is 2. The van der Waals surface area contributed by atoms with E-state index in [-0.39, 0.29) is 35.2 Å². The van der Waals surface area contributed by atoms with Gasteiger partial charge in [0, 0.05) is 48.7 Å². The molecule has 2 amide bonds. The molecule has 5 heteroatoms. The van der Waals surface area contributed by atoms with E-state index in [0.29, 0.717) is 12.1 Å². The second-order valence-corrected chi connectivity index (χ2v) is 11.3. The van der Waals surface area contributed by atoms with Gasteiger partial charge in [-0.1, -0.05) is 47.0 Å². The van der Waals surface area contributed by atoms with Crippen LogP contribution in [0.4, 0.5) is 0 Å². The van der Waals surface area contributed by atoms with Gasteiger partial charge < -0.3 is 14.5 Å². The summed E-state index contributed by atoms with van der Waals surface area (Å²) in [4.78, 5) is 31.0. The second kappa shape index (κ2) is 11.7. The first kappa shape index (κ1) is 26.2. The largest absolute Gasteiger partial charge is 0.381 e. The fourth-order valence-electron chi connectivity index (χ4n) is 5.30. The SMILES string of the molecule is CC(CCC(C)N(C(=O)C(C)(C)C)C1CCCCC1)C(=O)N(C(C)C)C1CCOCC1. The van der Waals surface area contributed by atoms with Crippen LogP contribution in [-0.2, 0) is 14.3 Å². The summed E-state index contributed by atoms with van der Waals surface area (Å²) in [5, 5.41) is 0. The molecule has 0 bridgehead atoms. The Morgan fingerprint density at radius 3 is 1.90 bits per heavy atom. The monoisotopic (exact) mass is 436 g/mol. The molecule has 0 aromatic rings. The molecule has 180 valence electrons. The van der Waals surface area contributed by atoms with Crippen LogP contribution in [0.3, 0.4) is 0 Å². The molecule has 1 aliphatic carbocycles. The first-order valence-electron chi connectivity index (χ1n) is 12.8. The maximum atomic E-state index is 13.4. The van der Waals surface area contributed by atoms with Gasteiger partial charge in [0.25, 0.3) is 0 Å². The fourth-order valence-corrected chi connectivity index (χ4v) is 5.30. The van der Waals surface area contributed by atoms with Crippen molar-refractivity contribution >= 4 is 11.8 Å². The van der Waals surface area contributed by atoms with Crippen molar-refractivity contribution < 1.29 is 14.3 Å². The van der Waals surface area contributed by atoms with Crippen molar-refractivity contribution in [3.63, 3.8) is 0 Å². The summed E-state index contributed by atoms with van der Waals surface area (Å²) in [6.45, 7) is 16.1. The van der Waals surface area contributed by atoms with Crippen molar-refractivity contribution in [2.45, 2.75) is 130 Å². The Balaban J connectivity index is 2.03. The van der Waals surface area contributed by atoms with Crippen molar-refractivity contribution in [2.24, 2.45) is 11.3 Å². The quantitative estimate of drug-likeness (QED) is 0.511. The number of carbonyl (C=O) groups excluding carboxylic acids is 2. The number of hydrogen-bond acceptors (Lipinski definition) is 3. The van der Waals surface area contributed by atoms with Gasteiger partial charge in [-0.05, 0) is 59.3 Å². The Morgan fingerprint density at radius 1 is 0.839 bits per heavy atom. The van der Waals surface area contributed by atoms with Crippen LogP contribution in [0.1, 0.15) is 106 Å². The zero-order valence-corrected chi connectivity index (χ0v) is 21.3. The fraction of sp³-hybridized carbons (Fsp3) is 0.923. The summed E-state index contributed by atoms with van der Waals surface area (Å²) in [7, 11) is 0. The minimum absolute atomic E-state index is 0.0226. The van der Waals surface area contributed by atoms with E-state index in [1.807, 2.05) is 20.8 Å². The maximum absolute atomic E-state index is 13.4. The smallest absolute Gasteiger partial charge is 0.228 e. The molecule has 2 unspecified atom stereocenters. The summed E-state index contributed by atoms with van der Waals surface area (Å²) in [6.07, 6.45) is 9.52. The first-order valence-corrected chi connectivity index (χ1v) is 12.8. The molecule has 0 aromatic heterocycles. The molecular weight excluding hydrogens is 388 g/mol. The predicted octanol–water partition coefficient (Wildman–Crippen LogP) is 5.41.